The topological polar surface area (TPSA) is 16.4 Å². The van der Waals surface area contributed by atoms with Crippen molar-refractivity contribution in [3.05, 3.63) is 152 Å². The molecule has 9 rings (SSSR count). The Morgan fingerprint density at radius 1 is 0.442 bits per heavy atom. The number of fused-ring (bicyclic) bond motifs is 7. The summed E-state index contributed by atoms with van der Waals surface area (Å²) < 4.78 is 9.24. The molecule has 2 heterocycles. The highest BCUT2D eigenvalue weighted by Crippen LogP contribution is 2.47. The second kappa shape index (κ2) is 9.59. The molecule has 2 aromatic heterocycles. The fourth-order valence-corrected chi connectivity index (χ4v) is 7.59. The Morgan fingerprint density at radius 3 is 2.05 bits per heavy atom. The zero-order chi connectivity index (χ0) is 28.3. The zero-order valence-electron chi connectivity index (χ0n) is 23.2. The first-order valence-corrected chi connectivity index (χ1v) is 15.3. The van der Waals surface area contributed by atoms with Gasteiger partial charge in [0.05, 0.1) is 17.1 Å². The van der Waals surface area contributed by atoms with Crippen molar-refractivity contribution in [1.82, 2.24) is 0 Å². The van der Waals surface area contributed by atoms with E-state index in [4.69, 9.17) is 4.42 Å². The summed E-state index contributed by atoms with van der Waals surface area (Å²) in [6.45, 7) is 0. The monoisotopic (exact) mass is 567 g/mol. The van der Waals surface area contributed by atoms with Gasteiger partial charge in [-0.2, -0.15) is 0 Å². The van der Waals surface area contributed by atoms with Gasteiger partial charge in [-0.3, -0.25) is 0 Å². The van der Waals surface area contributed by atoms with Crippen molar-refractivity contribution in [3.8, 4) is 11.1 Å². The van der Waals surface area contributed by atoms with Crippen molar-refractivity contribution in [3.63, 3.8) is 0 Å². The molecular formula is C40H25NOS. The van der Waals surface area contributed by atoms with Gasteiger partial charge in [0.15, 0.2) is 5.58 Å². The highest BCUT2D eigenvalue weighted by Gasteiger charge is 2.23. The zero-order valence-corrected chi connectivity index (χ0v) is 24.0. The Balaban J connectivity index is 1.35. The van der Waals surface area contributed by atoms with Crippen molar-refractivity contribution in [2.24, 2.45) is 0 Å². The average Bonchev–Trinajstić information content (AvgIpc) is 3.64. The van der Waals surface area contributed by atoms with E-state index in [2.05, 4.69) is 150 Å². The molecule has 0 atom stereocenters. The molecule has 0 saturated heterocycles. The number of para-hydroxylation sites is 3. The van der Waals surface area contributed by atoms with Crippen LogP contribution in [0.1, 0.15) is 0 Å². The second-order valence-electron chi connectivity index (χ2n) is 10.9. The first kappa shape index (κ1) is 24.2. The minimum absolute atomic E-state index is 0.880. The van der Waals surface area contributed by atoms with E-state index < -0.39 is 0 Å². The molecule has 9 aromatic rings. The number of thiophene rings is 1. The largest absolute Gasteiger partial charge is 0.454 e. The van der Waals surface area contributed by atoms with E-state index in [1.807, 2.05) is 17.4 Å². The number of rotatable bonds is 4. The molecule has 0 aliphatic heterocycles. The maximum Gasteiger partial charge on any atom is 0.159 e. The summed E-state index contributed by atoms with van der Waals surface area (Å²) in [5.74, 6) is 0. The van der Waals surface area contributed by atoms with Crippen LogP contribution in [0.25, 0.3) is 64.0 Å². The van der Waals surface area contributed by atoms with Gasteiger partial charge in [-0.1, -0.05) is 109 Å². The predicted molar refractivity (Wildman–Crippen MR) is 184 cm³/mol. The molecule has 0 bridgehead atoms. The Morgan fingerprint density at radius 2 is 1.09 bits per heavy atom. The first-order valence-electron chi connectivity index (χ1n) is 14.5. The Bertz CT molecular complexity index is 2480. The van der Waals surface area contributed by atoms with Crippen LogP contribution in [0.3, 0.4) is 0 Å². The van der Waals surface area contributed by atoms with Gasteiger partial charge in [-0.05, 0) is 53.4 Å². The molecule has 0 spiro atoms. The summed E-state index contributed by atoms with van der Waals surface area (Å²) >= 11 is 1.85. The quantitative estimate of drug-likeness (QED) is 0.210. The fourth-order valence-electron chi connectivity index (χ4n) is 6.51. The van der Waals surface area contributed by atoms with Crippen molar-refractivity contribution in [2.75, 3.05) is 4.90 Å². The van der Waals surface area contributed by atoms with Gasteiger partial charge in [-0.15, -0.1) is 11.3 Å². The molecule has 7 aromatic carbocycles. The number of nitrogens with zero attached hydrogens (tertiary/aromatic N) is 1. The number of hydrogen-bond acceptors (Lipinski definition) is 3. The molecule has 0 aliphatic rings. The third-order valence-corrected chi connectivity index (χ3v) is 9.62. The van der Waals surface area contributed by atoms with Crippen molar-refractivity contribution in [2.45, 2.75) is 0 Å². The lowest BCUT2D eigenvalue weighted by molar-refractivity contribution is 0.669. The standard InChI is InChI=1S/C40H25NOS/c1-2-13-28-26(11-1)12-9-19-35(28)41(36-20-10-17-32-30-15-4-7-21-37(30)42-40(32)36)34-18-6-3-14-29(34)27-23-24-39-33(25-27)31-16-5-8-22-38(31)43-39/h1-25H. The van der Waals surface area contributed by atoms with Crippen LogP contribution in [0.5, 0.6) is 0 Å². The molecule has 0 aliphatic carbocycles. The van der Waals surface area contributed by atoms with Crippen LogP contribution in [0, 0.1) is 0 Å². The lowest BCUT2D eigenvalue weighted by Gasteiger charge is -2.29. The number of furan rings is 1. The second-order valence-corrected chi connectivity index (χ2v) is 12.0. The number of hydrogen-bond donors (Lipinski definition) is 0. The van der Waals surface area contributed by atoms with Crippen LogP contribution >= 0.6 is 11.3 Å². The molecule has 0 saturated carbocycles. The van der Waals surface area contributed by atoms with Gasteiger partial charge in [0.1, 0.15) is 5.58 Å². The molecule has 0 radical (unpaired) electrons. The van der Waals surface area contributed by atoms with Crippen molar-refractivity contribution < 1.29 is 4.42 Å². The summed E-state index contributed by atoms with van der Waals surface area (Å²) in [5, 5.41) is 7.23. The van der Waals surface area contributed by atoms with Crippen LogP contribution in [-0.4, -0.2) is 0 Å². The predicted octanol–water partition coefficient (Wildman–Crippen LogP) is 12.2. The van der Waals surface area contributed by atoms with E-state index in [9.17, 15) is 0 Å². The van der Waals surface area contributed by atoms with Gasteiger partial charge in [0, 0.05) is 41.9 Å². The van der Waals surface area contributed by atoms with E-state index in [-0.39, 0.29) is 0 Å². The molecule has 3 heteroatoms. The summed E-state index contributed by atoms with van der Waals surface area (Å²) in [6.07, 6.45) is 0. The van der Waals surface area contributed by atoms with E-state index in [0.29, 0.717) is 0 Å². The van der Waals surface area contributed by atoms with E-state index >= 15 is 0 Å². The molecule has 0 N–H and O–H groups in total. The van der Waals surface area contributed by atoms with Gasteiger partial charge in [0.2, 0.25) is 0 Å². The first-order chi connectivity index (χ1) is 21.3. The van der Waals surface area contributed by atoms with Gasteiger partial charge >= 0.3 is 0 Å². The molecule has 0 fully saturated rings. The Kier molecular flexibility index (Phi) is 5.40. The third kappa shape index (κ3) is 3.79. The average molecular weight is 568 g/mol. The molecule has 0 amide bonds. The van der Waals surface area contributed by atoms with E-state index in [1.165, 1.54) is 42.1 Å². The van der Waals surface area contributed by atoms with Crippen LogP contribution < -0.4 is 4.90 Å². The van der Waals surface area contributed by atoms with E-state index in [0.717, 1.165) is 39.0 Å². The van der Waals surface area contributed by atoms with E-state index in [1.54, 1.807) is 0 Å². The molecule has 2 nitrogen and oxygen atoms in total. The van der Waals surface area contributed by atoms with Crippen LogP contribution in [0.4, 0.5) is 17.1 Å². The normalized spacial score (nSPS) is 11.7. The number of anilines is 3. The Labute approximate surface area is 252 Å². The van der Waals surface area contributed by atoms with Gasteiger partial charge in [-0.25, -0.2) is 0 Å². The van der Waals surface area contributed by atoms with Crippen LogP contribution in [0.2, 0.25) is 0 Å². The molecule has 43 heavy (non-hydrogen) atoms. The fraction of sp³-hybridized carbons (Fsp3) is 0. The minimum atomic E-state index is 0.880. The van der Waals surface area contributed by atoms with Gasteiger partial charge < -0.3 is 9.32 Å². The third-order valence-electron chi connectivity index (χ3n) is 8.46. The highest BCUT2D eigenvalue weighted by atomic mass is 32.1. The lowest BCUT2D eigenvalue weighted by Crippen LogP contribution is -2.12. The molecule has 0 unspecified atom stereocenters. The van der Waals surface area contributed by atoms with Crippen molar-refractivity contribution >= 4 is 81.3 Å². The summed E-state index contributed by atoms with van der Waals surface area (Å²) in [7, 11) is 0. The maximum absolute atomic E-state index is 6.62. The summed E-state index contributed by atoms with van der Waals surface area (Å²) in [5.41, 5.74) is 7.36. The summed E-state index contributed by atoms with van der Waals surface area (Å²) in [4.78, 5) is 2.39. The van der Waals surface area contributed by atoms with Crippen LogP contribution in [-0.2, 0) is 0 Å². The molecular weight excluding hydrogens is 543 g/mol. The van der Waals surface area contributed by atoms with Gasteiger partial charge in [0.25, 0.3) is 0 Å². The lowest BCUT2D eigenvalue weighted by atomic mass is 9.98. The maximum atomic E-state index is 6.62. The molecule has 202 valence electrons. The van der Waals surface area contributed by atoms with Crippen molar-refractivity contribution in [1.29, 1.82) is 0 Å². The van der Waals surface area contributed by atoms with Crippen LogP contribution in [0.15, 0.2) is 156 Å². The highest BCUT2D eigenvalue weighted by molar-refractivity contribution is 7.25. The SMILES string of the molecule is c1ccc(N(c2cccc3ccccc23)c2cccc3c2oc2ccccc23)c(-c2ccc3sc4ccccc4c3c2)c1. The summed E-state index contributed by atoms with van der Waals surface area (Å²) in [6, 6.07) is 54.3. The Hall–Kier alpha value is -5.38. The smallest absolute Gasteiger partial charge is 0.159 e. The number of benzene rings is 7. The minimum Gasteiger partial charge on any atom is -0.454 e.